The van der Waals surface area contributed by atoms with Crippen LogP contribution in [-0.4, -0.2) is 5.11 Å². The Morgan fingerprint density at radius 3 is 2.35 bits per heavy atom. The molecule has 2 heteroatoms. The lowest BCUT2D eigenvalue weighted by molar-refractivity contribution is 0.281. The maximum absolute atomic E-state index is 9.17. The highest BCUT2D eigenvalue weighted by Gasteiger charge is 1.95. The van der Waals surface area contributed by atoms with Crippen LogP contribution in [0.3, 0.4) is 0 Å². The van der Waals surface area contributed by atoms with Gasteiger partial charge in [-0.25, -0.2) is 0 Å². The van der Waals surface area contributed by atoms with Crippen LogP contribution in [0, 0.1) is 11.8 Å². The summed E-state index contributed by atoms with van der Waals surface area (Å²) in [6.07, 6.45) is 0. The molecule has 0 unspecified atom stereocenters. The normalized spacial score (nSPS) is 9.53. The molecular weight excluding hydrogens is 232 g/mol. The minimum absolute atomic E-state index is 0.00543. The van der Waals surface area contributed by atoms with E-state index in [1.165, 1.54) is 0 Å². The van der Waals surface area contributed by atoms with Gasteiger partial charge in [0.15, 0.2) is 0 Å². The van der Waals surface area contributed by atoms with Crippen LogP contribution >= 0.6 is 11.6 Å². The van der Waals surface area contributed by atoms with Gasteiger partial charge in [0, 0.05) is 16.1 Å². The summed E-state index contributed by atoms with van der Waals surface area (Å²) >= 11 is 5.80. The molecule has 0 amide bonds. The lowest BCUT2D eigenvalue weighted by Crippen LogP contribution is -1.88. The molecule has 0 saturated carbocycles. The first kappa shape index (κ1) is 11.7. The Morgan fingerprint density at radius 1 is 0.941 bits per heavy atom. The fourth-order valence-electron chi connectivity index (χ4n) is 1.45. The number of aliphatic hydroxyl groups excluding tert-OH is 1. The first-order chi connectivity index (χ1) is 8.29. The van der Waals surface area contributed by atoms with Crippen LogP contribution in [0.1, 0.15) is 16.7 Å². The third kappa shape index (κ3) is 3.10. The van der Waals surface area contributed by atoms with Gasteiger partial charge in [-0.3, -0.25) is 0 Å². The van der Waals surface area contributed by atoms with Crippen molar-refractivity contribution in [2.75, 3.05) is 0 Å². The van der Waals surface area contributed by atoms with E-state index >= 15 is 0 Å². The van der Waals surface area contributed by atoms with Crippen LogP contribution in [0.5, 0.6) is 0 Å². The van der Waals surface area contributed by atoms with Crippen molar-refractivity contribution in [3.05, 3.63) is 70.2 Å². The van der Waals surface area contributed by atoms with Crippen molar-refractivity contribution in [3.8, 4) is 11.8 Å². The monoisotopic (exact) mass is 242 g/mol. The van der Waals surface area contributed by atoms with Gasteiger partial charge in [0.25, 0.3) is 0 Å². The van der Waals surface area contributed by atoms with E-state index in [4.69, 9.17) is 16.7 Å². The highest BCUT2D eigenvalue weighted by Crippen LogP contribution is 2.10. The minimum atomic E-state index is 0.00543. The Labute approximate surface area is 106 Å². The zero-order chi connectivity index (χ0) is 12.1. The van der Waals surface area contributed by atoms with E-state index in [-0.39, 0.29) is 6.61 Å². The van der Waals surface area contributed by atoms with Gasteiger partial charge in [-0.05, 0) is 35.9 Å². The maximum Gasteiger partial charge on any atom is 0.0694 e. The van der Waals surface area contributed by atoms with Gasteiger partial charge in [-0.15, -0.1) is 0 Å². The van der Waals surface area contributed by atoms with Crippen molar-refractivity contribution in [2.45, 2.75) is 6.61 Å². The minimum Gasteiger partial charge on any atom is -0.392 e. The molecule has 84 valence electrons. The van der Waals surface area contributed by atoms with Crippen molar-refractivity contribution >= 4 is 11.6 Å². The van der Waals surface area contributed by atoms with E-state index < -0.39 is 0 Å². The topological polar surface area (TPSA) is 20.2 Å². The first-order valence-corrected chi connectivity index (χ1v) is 5.64. The Bertz CT molecular complexity index is 561. The molecule has 2 aromatic rings. The summed E-state index contributed by atoms with van der Waals surface area (Å²) < 4.78 is 0. The number of halogens is 1. The van der Waals surface area contributed by atoms with E-state index in [1.54, 1.807) is 0 Å². The molecule has 1 N–H and O–H groups in total. The summed E-state index contributed by atoms with van der Waals surface area (Å²) in [7, 11) is 0. The predicted molar refractivity (Wildman–Crippen MR) is 69.8 cm³/mol. The molecule has 0 atom stereocenters. The summed E-state index contributed by atoms with van der Waals surface area (Å²) in [5.41, 5.74) is 2.60. The second kappa shape index (κ2) is 5.54. The number of hydrogen-bond donors (Lipinski definition) is 1. The summed E-state index contributed by atoms with van der Waals surface area (Å²) in [5, 5.41) is 9.87. The Kier molecular flexibility index (Phi) is 3.82. The summed E-state index contributed by atoms with van der Waals surface area (Å²) in [6, 6.07) is 14.9. The average Bonchev–Trinajstić information content (AvgIpc) is 2.38. The van der Waals surface area contributed by atoms with E-state index in [1.807, 2.05) is 48.5 Å². The Balaban J connectivity index is 2.29. The number of aliphatic hydroxyl groups is 1. The highest BCUT2D eigenvalue weighted by atomic mass is 35.5. The molecule has 0 bridgehead atoms. The first-order valence-electron chi connectivity index (χ1n) is 5.26. The molecule has 2 rings (SSSR count). The van der Waals surface area contributed by atoms with Gasteiger partial charge in [0.1, 0.15) is 0 Å². The number of benzene rings is 2. The lowest BCUT2D eigenvalue weighted by atomic mass is 10.1. The summed E-state index contributed by atoms with van der Waals surface area (Å²) in [5.74, 6) is 6.09. The molecule has 17 heavy (non-hydrogen) atoms. The Morgan fingerprint density at radius 2 is 1.65 bits per heavy atom. The van der Waals surface area contributed by atoms with E-state index in [2.05, 4.69) is 11.8 Å². The molecule has 0 aliphatic heterocycles. The van der Waals surface area contributed by atoms with Crippen LogP contribution in [0.2, 0.25) is 5.02 Å². The molecule has 0 aliphatic carbocycles. The van der Waals surface area contributed by atoms with Gasteiger partial charge in [-0.1, -0.05) is 41.6 Å². The molecular formula is C15H11ClO. The molecule has 0 fully saturated rings. The van der Waals surface area contributed by atoms with Gasteiger partial charge in [0.05, 0.1) is 6.61 Å². The zero-order valence-corrected chi connectivity index (χ0v) is 9.91. The molecule has 0 saturated heterocycles. The van der Waals surface area contributed by atoms with Crippen LogP contribution in [-0.2, 0) is 6.61 Å². The van der Waals surface area contributed by atoms with Crippen molar-refractivity contribution in [1.82, 2.24) is 0 Å². The van der Waals surface area contributed by atoms with Crippen molar-refractivity contribution in [2.24, 2.45) is 0 Å². The standard InChI is InChI=1S/C15H11ClO/c16-15-9-6-12(7-10-15)5-8-13-3-1-2-4-14(13)11-17/h1-4,6-7,9-10,17H,11H2. The largest absolute Gasteiger partial charge is 0.392 e. The van der Waals surface area contributed by atoms with Crippen LogP contribution in [0.4, 0.5) is 0 Å². The highest BCUT2D eigenvalue weighted by molar-refractivity contribution is 6.30. The number of rotatable bonds is 1. The van der Waals surface area contributed by atoms with Crippen molar-refractivity contribution < 1.29 is 5.11 Å². The fourth-order valence-corrected chi connectivity index (χ4v) is 1.58. The van der Waals surface area contributed by atoms with Crippen LogP contribution in [0.25, 0.3) is 0 Å². The molecule has 0 spiro atoms. The maximum atomic E-state index is 9.17. The Hall–Kier alpha value is -1.75. The molecule has 0 heterocycles. The van der Waals surface area contributed by atoms with Gasteiger partial charge in [-0.2, -0.15) is 0 Å². The SMILES string of the molecule is OCc1ccccc1C#Cc1ccc(Cl)cc1. The van der Waals surface area contributed by atoms with Crippen molar-refractivity contribution in [3.63, 3.8) is 0 Å². The average molecular weight is 243 g/mol. The third-order valence-corrected chi connectivity index (χ3v) is 2.63. The molecule has 0 aliphatic rings. The molecule has 0 radical (unpaired) electrons. The van der Waals surface area contributed by atoms with E-state index in [0.29, 0.717) is 5.02 Å². The smallest absolute Gasteiger partial charge is 0.0694 e. The lowest BCUT2D eigenvalue weighted by Gasteiger charge is -1.98. The van der Waals surface area contributed by atoms with Gasteiger partial charge >= 0.3 is 0 Å². The predicted octanol–water partition coefficient (Wildman–Crippen LogP) is 3.23. The third-order valence-electron chi connectivity index (χ3n) is 2.37. The molecule has 2 aromatic carbocycles. The van der Waals surface area contributed by atoms with Gasteiger partial charge < -0.3 is 5.11 Å². The second-order valence-corrected chi connectivity index (χ2v) is 4.01. The quantitative estimate of drug-likeness (QED) is 0.762. The van der Waals surface area contributed by atoms with Crippen LogP contribution in [0.15, 0.2) is 48.5 Å². The van der Waals surface area contributed by atoms with Gasteiger partial charge in [0.2, 0.25) is 0 Å². The van der Waals surface area contributed by atoms with Crippen molar-refractivity contribution in [1.29, 1.82) is 0 Å². The fraction of sp³-hybridized carbons (Fsp3) is 0.0667. The summed E-state index contributed by atoms with van der Waals surface area (Å²) in [6.45, 7) is 0.00543. The zero-order valence-electron chi connectivity index (χ0n) is 9.15. The summed E-state index contributed by atoms with van der Waals surface area (Å²) in [4.78, 5) is 0. The van der Waals surface area contributed by atoms with E-state index in [0.717, 1.165) is 16.7 Å². The molecule has 1 nitrogen and oxygen atoms in total. The molecule has 0 aromatic heterocycles. The van der Waals surface area contributed by atoms with Crippen LogP contribution < -0.4 is 0 Å². The second-order valence-electron chi connectivity index (χ2n) is 3.57. The van der Waals surface area contributed by atoms with E-state index in [9.17, 15) is 0 Å². The number of hydrogen-bond acceptors (Lipinski definition) is 1.